The average molecular weight is 339 g/mol. The summed E-state index contributed by atoms with van der Waals surface area (Å²) in [6.45, 7) is 0. The number of benzene rings is 1. The van der Waals surface area contributed by atoms with E-state index in [1.54, 1.807) is 17.5 Å². The van der Waals surface area contributed by atoms with Gasteiger partial charge in [0, 0.05) is 10.4 Å². The maximum absolute atomic E-state index is 13.7. The van der Waals surface area contributed by atoms with Crippen molar-refractivity contribution in [3.8, 4) is 11.1 Å². The normalized spacial score (nSPS) is 16.6. The first kappa shape index (κ1) is 14.4. The molecule has 21 heavy (non-hydrogen) atoms. The van der Waals surface area contributed by atoms with Crippen molar-refractivity contribution in [1.82, 2.24) is 5.32 Å². The molecule has 0 spiro atoms. The highest BCUT2D eigenvalue weighted by atomic mass is 32.2. The Kier molecular flexibility index (Phi) is 3.88. The summed E-state index contributed by atoms with van der Waals surface area (Å²) in [5.41, 5.74) is 0.782. The van der Waals surface area contributed by atoms with Crippen LogP contribution >= 0.6 is 35.3 Å². The summed E-state index contributed by atoms with van der Waals surface area (Å²) in [5.74, 6) is -1.21. The van der Waals surface area contributed by atoms with Crippen LogP contribution < -0.4 is 5.32 Å². The highest BCUT2D eigenvalue weighted by molar-refractivity contribution is 8.26. The number of thioether (sulfide) groups is 1. The van der Waals surface area contributed by atoms with E-state index < -0.39 is 11.6 Å². The number of carbonyl (C=O) groups excluding carboxylic acids is 1. The summed E-state index contributed by atoms with van der Waals surface area (Å²) in [6, 6.07) is 5.04. The predicted molar refractivity (Wildman–Crippen MR) is 86.0 cm³/mol. The average Bonchev–Trinajstić information content (AvgIpc) is 3.00. The van der Waals surface area contributed by atoms with Gasteiger partial charge in [0.1, 0.15) is 16.0 Å². The number of rotatable bonds is 2. The van der Waals surface area contributed by atoms with E-state index >= 15 is 0 Å². The van der Waals surface area contributed by atoms with E-state index in [9.17, 15) is 13.6 Å². The predicted octanol–water partition coefficient (Wildman–Crippen LogP) is 4.18. The molecule has 3 rings (SSSR count). The van der Waals surface area contributed by atoms with Crippen LogP contribution in [0, 0.1) is 11.6 Å². The van der Waals surface area contributed by atoms with Crippen molar-refractivity contribution in [2.45, 2.75) is 0 Å². The fourth-order valence-corrected chi connectivity index (χ4v) is 3.79. The molecule has 2 aromatic rings. The Labute approximate surface area is 132 Å². The van der Waals surface area contributed by atoms with Crippen LogP contribution in [0.25, 0.3) is 17.2 Å². The summed E-state index contributed by atoms with van der Waals surface area (Å²) >= 11 is 7.44. The Morgan fingerprint density at radius 2 is 2.05 bits per heavy atom. The van der Waals surface area contributed by atoms with Crippen molar-refractivity contribution < 1.29 is 13.6 Å². The lowest BCUT2D eigenvalue weighted by atomic mass is 10.1. The largest absolute Gasteiger partial charge is 0.307 e. The lowest BCUT2D eigenvalue weighted by molar-refractivity contribution is -0.115. The molecular weight excluding hydrogens is 332 g/mol. The van der Waals surface area contributed by atoms with Gasteiger partial charge >= 0.3 is 0 Å². The molecule has 0 radical (unpaired) electrons. The molecule has 1 saturated heterocycles. The van der Waals surface area contributed by atoms with E-state index in [2.05, 4.69) is 5.32 Å². The topological polar surface area (TPSA) is 29.1 Å². The highest BCUT2D eigenvalue weighted by Gasteiger charge is 2.22. The molecule has 2 heterocycles. The molecule has 1 amide bonds. The van der Waals surface area contributed by atoms with Gasteiger partial charge in [-0.15, -0.1) is 11.3 Å². The van der Waals surface area contributed by atoms with Crippen LogP contribution in [0.15, 0.2) is 34.6 Å². The minimum Gasteiger partial charge on any atom is -0.307 e. The van der Waals surface area contributed by atoms with E-state index in [1.165, 1.54) is 23.1 Å². The standard InChI is InChI=1S/C14H7F2NOS3/c15-8-1-2-11(16)10(4-8)7-3-9(20-6-7)5-12-13(18)17-14(19)21-12/h1-6H,(H,17,18,19)/b12-5-. The lowest BCUT2D eigenvalue weighted by Gasteiger charge is -1.99. The number of thiophene rings is 1. The molecule has 0 saturated carbocycles. The zero-order valence-corrected chi connectivity index (χ0v) is 12.8. The zero-order valence-electron chi connectivity index (χ0n) is 10.4. The second-order valence-electron chi connectivity index (χ2n) is 4.21. The van der Waals surface area contributed by atoms with Gasteiger partial charge in [-0.3, -0.25) is 4.79 Å². The molecular formula is C14H7F2NOS3. The fourth-order valence-electron chi connectivity index (χ4n) is 1.84. The van der Waals surface area contributed by atoms with Crippen molar-refractivity contribution >= 4 is 51.6 Å². The number of thiocarbonyl (C=S) groups is 1. The van der Waals surface area contributed by atoms with Gasteiger partial charge in [0.2, 0.25) is 0 Å². The van der Waals surface area contributed by atoms with Gasteiger partial charge < -0.3 is 5.32 Å². The molecule has 1 aliphatic rings. The molecule has 1 fully saturated rings. The molecule has 0 atom stereocenters. The van der Waals surface area contributed by atoms with Gasteiger partial charge in [-0.2, -0.15) is 0 Å². The summed E-state index contributed by atoms with van der Waals surface area (Å²) in [7, 11) is 0. The van der Waals surface area contributed by atoms with E-state index in [4.69, 9.17) is 12.2 Å². The van der Waals surface area contributed by atoms with Crippen LogP contribution in [0.1, 0.15) is 4.88 Å². The second-order valence-corrected chi connectivity index (χ2v) is 6.88. The Hall–Kier alpha value is -1.57. The number of amides is 1. The number of hydrogen-bond donors (Lipinski definition) is 1. The van der Waals surface area contributed by atoms with Crippen LogP contribution in [0.3, 0.4) is 0 Å². The molecule has 0 bridgehead atoms. The zero-order chi connectivity index (χ0) is 15.0. The van der Waals surface area contributed by atoms with E-state index in [-0.39, 0.29) is 11.5 Å². The SMILES string of the molecule is O=C1NC(=S)S/C1=C\c1cc(-c2cc(F)ccc2F)cs1. The molecule has 1 aromatic carbocycles. The van der Waals surface area contributed by atoms with Crippen LogP contribution in [-0.4, -0.2) is 10.2 Å². The number of hydrogen-bond acceptors (Lipinski definition) is 4. The first-order valence-corrected chi connectivity index (χ1v) is 7.92. The monoisotopic (exact) mass is 339 g/mol. The van der Waals surface area contributed by atoms with Crippen molar-refractivity contribution in [3.63, 3.8) is 0 Å². The van der Waals surface area contributed by atoms with Crippen LogP contribution in [0.2, 0.25) is 0 Å². The van der Waals surface area contributed by atoms with E-state index in [0.29, 0.717) is 14.8 Å². The number of carbonyl (C=O) groups is 1. The summed E-state index contributed by atoms with van der Waals surface area (Å²) in [5, 5.41) is 4.25. The maximum Gasteiger partial charge on any atom is 0.263 e. The van der Waals surface area contributed by atoms with Crippen molar-refractivity contribution in [1.29, 1.82) is 0 Å². The van der Waals surface area contributed by atoms with Crippen molar-refractivity contribution in [2.24, 2.45) is 0 Å². The highest BCUT2D eigenvalue weighted by Crippen LogP contribution is 2.32. The fraction of sp³-hybridized carbons (Fsp3) is 0. The summed E-state index contributed by atoms with van der Waals surface area (Å²) in [6.07, 6.45) is 1.69. The third-order valence-electron chi connectivity index (χ3n) is 2.77. The molecule has 0 aliphatic carbocycles. The van der Waals surface area contributed by atoms with Gasteiger partial charge in [0.15, 0.2) is 0 Å². The molecule has 7 heteroatoms. The van der Waals surface area contributed by atoms with Crippen LogP contribution in [-0.2, 0) is 4.79 Å². The quantitative estimate of drug-likeness (QED) is 0.657. The smallest absolute Gasteiger partial charge is 0.263 e. The second kappa shape index (κ2) is 5.67. The molecule has 1 N–H and O–H groups in total. The van der Waals surface area contributed by atoms with Gasteiger partial charge in [0.05, 0.1) is 4.91 Å². The first-order valence-electron chi connectivity index (χ1n) is 5.82. The Morgan fingerprint density at radius 3 is 2.76 bits per heavy atom. The molecule has 106 valence electrons. The Bertz CT molecular complexity index is 782. The molecule has 0 unspecified atom stereocenters. The molecule has 2 nitrogen and oxygen atoms in total. The minimum absolute atomic E-state index is 0.204. The van der Waals surface area contributed by atoms with Gasteiger partial charge in [-0.1, -0.05) is 24.0 Å². The van der Waals surface area contributed by atoms with Crippen molar-refractivity contribution in [3.05, 3.63) is 51.1 Å². The number of halogens is 2. The van der Waals surface area contributed by atoms with Gasteiger partial charge in [-0.25, -0.2) is 8.78 Å². The van der Waals surface area contributed by atoms with Gasteiger partial charge in [-0.05, 0) is 41.3 Å². The Morgan fingerprint density at radius 1 is 1.24 bits per heavy atom. The van der Waals surface area contributed by atoms with Crippen molar-refractivity contribution in [2.75, 3.05) is 0 Å². The minimum atomic E-state index is -0.492. The summed E-state index contributed by atoms with van der Waals surface area (Å²) in [4.78, 5) is 12.8. The van der Waals surface area contributed by atoms with E-state index in [1.807, 2.05) is 0 Å². The summed E-state index contributed by atoms with van der Waals surface area (Å²) < 4.78 is 27.4. The van der Waals surface area contributed by atoms with Crippen LogP contribution in [0.4, 0.5) is 8.78 Å². The lowest BCUT2D eigenvalue weighted by Crippen LogP contribution is -2.17. The number of nitrogens with one attached hydrogen (secondary N) is 1. The maximum atomic E-state index is 13.7. The van der Waals surface area contributed by atoms with Gasteiger partial charge in [0.25, 0.3) is 5.91 Å². The third kappa shape index (κ3) is 3.04. The third-order valence-corrected chi connectivity index (χ3v) is 4.82. The van der Waals surface area contributed by atoms with Crippen LogP contribution in [0.5, 0.6) is 0 Å². The molecule has 1 aromatic heterocycles. The molecule has 1 aliphatic heterocycles. The van der Waals surface area contributed by atoms with E-state index in [0.717, 1.165) is 23.1 Å². The first-order chi connectivity index (χ1) is 10.0. The Balaban J connectivity index is 1.94.